The van der Waals surface area contributed by atoms with Crippen LogP contribution in [0.25, 0.3) is 11.3 Å². The first kappa shape index (κ1) is 17.8. The van der Waals surface area contributed by atoms with Crippen LogP contribution in [0.2, 0.25) is 0 Å². The Bertz CT molecular complexity index is 958. The molecule has 0 aliphatic rings. The van der Waals surface area contributed by atoms with Crippen LogP contribution in [0, 0.1) is 6.92 Å². The molecule has 0 amide bonds. The lowest BCUT2D eigenvalue weighted by Crippen LogP contribution is -2.22. The van der Waals surface area contributed by atoms with Crippen LogP contribution in [0.4, 0.5) is 0 Å². The summed E-state index contributed by atoms with van der Waals surface area (Å²) in [6.45, 7) is 5.17. The van der Waals surface area contributed by atoms with Crippen LogP contribution in [0.5, 0.6) is 0 Å². The van der Waals surface area contributed by atoms with Crippen molar-refractivity contribution in [3.05, 3.63) is 59.1 Å². The van der Waals surface area contributed by atoms with Crippen molar-refractivity contribution in [3.63, 3.8) is 0 Å². The van der Waals surface area contributed by atoms with Gasteiger partial charge in [-0.05, 0) is 31.0 Å². The maximum Gasteiger partial charge on any atom is 0.250 e. The zero-order valence-electron chi connectivity index (χ0n) is 14.3. The average molecular weight is 376 g/mol. The van der Waals surface area contributed by atoms with Crippen molar-refractivity contribution >= 4 is 21.4 Å². The molecule has 0 atom stereocenters. The topological polar surface area (TPSA) is 64.0 Å². The van der Waals surface area contributed by atoms with Crippen LogP contribution in [0.15, 0.2) is 52.2 Å². The van der Waals surface area contributed by atoms with Crippen LogP contribution in [-0.4, -0.2) is 18.2 Å². The van der Waals surface area contributed by atoms with Gasteiger partial charge in [0.25, 0.3) is 0 Å². The Labute approximate surface area is 152 Å². The summed E-state index contributed by atoms with van der Waals surface area (Å²) in [5.41, 5.74) is 3.88. The van der Waals surface area contributed by atoms with E-state index in [1.807, 2.05) is 47.3 Å². The zero-order chi connectivity index (χ0) is 17.9. The monoisotopic (exact) mass is 375 g/mol. The smallest absolute Gasteiger partial charge is 0.250 e. The number of aromatic nitrogens is 2. The van der Waals surface area contributed by atoms with E-state index in [0.29, 0.717) is 4.21 Å². The number of nitrogens with one attached hydrogen (secondary N) is 1. The highest BCUT2D eigenvalue weighted by Gasteiger charge is 2.18. The molecule has 0 fully saturated rings. The Kier molecular flexibility index (Phi) is 5.36. The fourth-order valence-electron chi connectivity index (χ4n) is 2.63. The van der Waals surface area contributed by atoms with Gasteiger partial charge in [0.05, 0.1) is 5.69 Å². The van der Waals surface area contributed by atoms with Gasteiger partial charge in [0.1, 0.15) is 4.21 Å². The first-order valence-corrected chi connectivity index (χ1v) is 10.5. The van der Waals surface area contributed by atoms with Crippen LogP contribution in [0.1, 0.15) is 24.5 Å². The predicted octanol–water partition coefficient (Wildman–Crippen LogP) is 3.81. The van der Waals surface area contributed by atoms with E-state index in [2.05, 4.69) is 16.7 Å². The van der Waals surface area contributed by atoms with Gasteiger partial charge in [-0.3, -0.25) is 4.68 Å². The molecule has 0 aliphatic heterocycles. The van der Waals surface area contributed by atoms with Crippen molar-refractivity contribution in [2.24, 2.45) is 0 Å². The molecule has 25 heavy (non-hydrogen) atoms. The molecular formula is C18H21N3O2S2. The molecule has 132 valence electrons. The molecule has 5 nitrogen and oxygen atoms in total. The summed E-state index contributed by atoms with van der Waals surface area (Å²) in [5, 5.41) is 6.16. The number of benzene rings is 1. The molecule has 7 heteroatoms. The second-order valence-corrected chi connectivity index (χ2v) is 8.81. The molecule has 1 N–H and O–H groups in total. The standard InChI is InChI=1S/C18H21N3O2S2/c1-3-9-21-17(7-8-19-21)16-11-18(24-13-16)25(22,23)20-12-15-6-4-5-14(2)10-15/h4-8,10-11,13,20H,3,9,12H2,1-2H3. The molecule has 3 aromatic rings. The third-order valence-electron chi connectivity index (χ3n) is 3.84. The van der Waals surface area contributed by atoms with E-state index in [0.717, 1.165) is 35.3 Å². The molecule has 0 saturated carbocycles. The average Bonchev–Trinajstić information content (AvgIpc) is 3.22. The summed E-state index contributed by atoms with van der Waals surface area (Å²) < 4.78 is 30.0. The molecule has 0 spiro atoms. The summed E-state index contributed by atoms with van der Waals surface area (Å²) in [4.78, 5) is 0. The minimum atomic E-state index is -3.53. The number of hydrogen-bond acceptors (Lipinski definition) is 4. The quantitative estimate of drug-likeness (QED) is 0.683. The third-order valence-corrected chi connectivity index (χ3v) is 6.68. The Morgan fingerprint density at radius 3 is 2.84 bits per heavy atom. The number of thiophene rings is 1. The van der Waals surface area contributed by atoms with Gasteiger partial charge in [-0.1, -0.05) is 36.8 Å². The van der Waals surface area contributed by atoms with Crippen molar-refractivity contribution in [2.45, 2.75) is 37.6 Å². The van der Waals surface area contributed by atoms with Gasteiger partial charge in [0, 0.05) is 30.2 Å². The lowest BCUT2D eigenvalue weighted by Gasteiger charge is -2.06. The van der Waals surface area contributed by atoms with Crippen LogP contribution in [-0.2, 0) is 23.1 Å². The van der Waals surface area contributed by atoms with E-state index in [1.165, 1.54) is 11.3 Å². The Hall–Kier alpha value is -1.96. The normalized spacial score (nSPS) is 11.8. The van der Waals surface area contributed by atoms with Crippen LogP contribution >= 0.6 is 11.3 Å². The van der Waals surface area contributed by atoms with Crippen molar-refractivity contribution in [2.75, 3.05) is 0 Å². The highest BCUT2D eigenvalue weighted by Crippen LogP contribution is 2.28. The van der Waals surface area contributed by atoms with Crippen molar-refractivity contribution in [1.82, 2.24) is 14.5 Å². The maximum absolute atomic E-state index is 12.6. The summed E-state index contributed by atoms with van der Waals surface area (Å²) in [6.07, 6.45) is 2.72. The highest BCUT2D eigenvalue weighted by atomic mass is 32.2. The second kappa shape index (κ2) is 7.51. The lowest BCUT2D eigenvalue weighted by atomic mass is 10.1. The Morgan fingerprint density at radius 1 is 1.24 bits per heavy atom. The second-order valence-electron chi connectivity index (χ2n) is 5.91. The molecule has 0 unspecified atom stereocenters. The van der Waals surface area contributed by atoms with E-state index < -0.39 is 10.0 Å². The number of aryl methyl sites for hydroxylation is 2. The predicted molar refractivity (Wildman–Crippen MR) is 101 cm³/mol. The van der Waals surface area contributed by atoms with Gasteiger partial charge in [-0.25, -0.2) is 13.1 Å². The van der Waals surface area contributed by atoms with E-state index >= 15 is 0 Å². The molecule has 0 aliphatic carbocycles. The van der Waals surface area contributed by atoms with Crippen molar-refractivity contribution in [1.29, 1.82) is 0 Å². The molecule has 2 heterocycles. The number of sulfonamides is 1. The van der Waals surface area contributed by atoms with Gasteiger partial charge >= 0.3 is 0 Å². The van der Waals surface area contributed by atoms with E-state index in [4.69, 9.17) is 0 Å². The SMILES string of the molecule is CCCn1nccc1-c1csc(S(=O)(=O)NCc2cccc(C)c2)c1. The third kappa shape index (κ3) is 4.18. The molecule has 2 aromatic heterocycles. The first-order valence-electron chi connectivity index (χ1n) is 8.15. The van der Waals surface area contributed by atoms with Gasteiger partial charge in [-0.2, -0.15) is 5.10 Å². The van der Waals surface area contributed by atoms with Crippen LogP contribution < -0.4 is 4.72 Å². The van der Waals surface area contributed by atoms with Crippen molar-refractivity contribution < 1.29 is 8.42 Å². The fraction of sp³-hybridized carbons (Fsp3) is 0.278. The first-order chi connectivity index (χ1) is 12.0. The van der Waals surface area contributed by atoms with E-state index in [-0.39, 0.29) is 6.54 Å². The Morgan fingerprint density at radius 2 is 2.08 bits per heavy atom. The van der Waals surface area contributed by atoms with E-state index in [1.54, 1.807) is 12.3 Å². The molecule has 1 aromatic carbocycles. The van der Waals surface area contributed by atoms with E-state index in [9.17, 15) is 8.42 Å². The largest absolute Gasteiger partial charge is 0.265 e. The lowest BCUT2D eigenvalue weighted by molar-refractivity contribution is 0.583. The summed E-state index contributed by atoms with van der Waals surface area (Å²) in [5.74, 6) is 0. The molecule has 3 rings (SSSR count). The summed E-state index contributed by atoms with van der Waals surface area (Å²) >= 11 is 1.23. The number of nitrogens with zero attached hydrogens (tertiary/aromatic N) is 2. The van der Waals surface area contributed by atoms with Crippen molar-refractivity contribution in [3.8, 4) is 11.3 Å². The Balaban J connectivity index is 1.77. The maximum atomic E-state index is 12.6. The van der Waals surface area contributed by atoms with Gasteiger partial charge in [-0.15, -0.1) is 11.3 Å². The number of rotatable bonds is 7. The molecular weight excluding hydrogens is 354 g/mol. The highest BCUT2D eigenvalue weighted by molar-refractivity contribution is 7.91. The molecule has 0 radical (unpaired) electrons. The number of hydrogen-bond donors (Lipinski definition) is 1. The molecule has 0 saturated heterocycles. The minimum absolute atomic E-state index is 0.283. The fourth-order valence-corrected chi connectivity index (χ4v) is 4.87. The van der Waals surface area contributed by atoms with Crippen LogP contribution in [0.3, 0.4) is 0 Å². The summed E-state index contributed by atoms with van der Waals surface area (Å²) in [6, 6.07) is 11.4. The van der Waals surface area contributed by atoms with Gasteiger partial charge < -0.3 is 0 Å². The summed E-state index contributed by atoms with van der Waals surface area (Å²) in [7, 11) is -3.53. The van der Waals surface area contributed by atoms with Gasteiger partial charge in [0.2, 0.25) is 10.0 Å². The molecule has 0 bridgehead atoms. The minimum Gasteiger partial charge on any atom is -0.265 e. The zero-order valence-corrected chi connectivity index (χ0v) is 15.9. The van der Waals surface area contributed by atoms with Gasteiger partial charge in [0.15, 0.2) is 0 Å².